The molecular formula is C15H14F3N3O4. The number of hydrogen-bond acceptors (Lipinski definition) is 5. The quantitative estimate of drug-likeness (QED) is 0.469. The maximum atomic E-state index is 12.6. The molecule has 10 heteroatoms. The fourth-order valence-electron chi connectivity index (χ4n) is 2.03. The lowest BCUT2D eigenvalue weighted by molar-refractivity contribution is -0.384. The maximum Gasteiger partial charge on any atom is 0.416 e. The monoisotopic (exact) mass is 357 g/mol. The topological polar surface area (TPSA) is 97.4 Å². The van der Waals surface area contributed by atoms with Gasteiger partial charge < -0.3 is 15.1 Å². The minimum absolute atomic E-state index is 0.0684. The summed E-state index contributed by atoms with van der Waals surface area (Å²) in [5, 5.41) is 16.1. The molecule has 0 aliphatic carbocycles. The highest BCUT2D eigenvalue weighted by molar-refractivity contribution is 5.91. The first-order chi connectivity index (χ1) is 11.7. The molecule has 0 radical (unpaired) electrons. The van der Waals surface area contributed by atoms with Gasteiger partial charge in [0.05, 0.1) is 10.5 Å². The van der Waals surface area contributed by atoms with Crippen LogP contribution in [-0.2, 0) is 6.18 Å². The number of nitro benzene ring substituents is 1. The van der Waals surface area contributed by atoms with Crippen LogP contribution in [0.5, 0.6) is 0 Å². The van der Waals surface area contributed by atoms with E-state index >= 15 is 0 Å². The summed E-state index contributed by atoms with van der Waals surface area (Å²) in [6.45, 7) is 1.86. The number of anilines is 1. The van der Waals surface area contributed by atoms with Crippen LogP contribution in [0.25, 0.3) is 0 Å². The fourth-order valence-corrected chi connectivity index (χ4v) is 2.03. The van der Waals surface area contributed by atoms with E-state index in [1.807, 2.05) is 0 Å². The summed E-state index contributed by atoms with van der Waals surface area (Å²) in [7, 11) is 0. The zero-order valence-electron chi connectivity index (χ0n) is 13.0. The first-order valence-corrected chi connectivity index (χ1v) is 7.12. The van der Waals surface area contributed by atoms with Crippen molar-refractivity contribution in [2.75, 3.05) is 18.4 Å². The molecule has 0 aliphatic rings. The third-order valence-corrected chi connectivity index (χ3v) is 3.21. The lowest BCUT2D eigenvalue weighted by Gasteiger charge is -2.10. The van der Waals surface area contributed by atoms with Crippen molar-refractivity contribution < 1.29 is 27.3 Å². The number of halogens is 3. The van der Waals surface area contributed by atoms with Crippen molar-refractivity contribution in [1.82, 2.24) is 5.32 Å². The number of hydrogen-bond donors (Lipinski definition) is 2. The minimum atomic E-state index is -4.67. The predicted molar refractivity (Wildman–Crippen MR) is 82.4 cm³/mol. The van der Waals surface area contributed by atoms with Crippen LogP contribution >= 0.6 is 0 Å². The van der Waals surface area contributed by atoms with Crippen molar-refractivity contribution in [3.05, 3.63) is 57.5 Å². The van der Waals surface area contributed by atoms with Crippen LogP contribution < -0.4 is 10.6 Å². The Bertz CT molecular complexity index is 787. The average molecular weight is 357 g/mol. The van der Waals surface area contributed by atoms with E-state index in [4.69, 9.17) is 4.42 Å². The lowest BCUT2D eigenvalue weighted by Crippen LogP contribution is -2.28. The van der Waals surface area contributed by atoms with Crippen LogP contribution in [0.4, 0.5) is 24.5 Å². The van der Waals surface area contributed by atoms with E-state index in [0.29, 0.717) is 11.8 Å². The van der Waals surface area contributed by atoms with Crippen LogP contribution in [-0.4, -0.2) is 23.9 Å². The number of rotatable bonds is 6. The second-order valence-electron chi connectivity index (χ2n) is 5.08. The Morgan fingerprint density at radius 3 is 2.52 bits per heavy atom. The number of amides is 1. The Morgan fingerprint density at radius 1 is 1.24 bits per heavy atom. The van der Waals surface area contributed by atoms with Gasteiger partial charge in [0.25, 0.3) is 11.6 Å². The molecule has 0 fully saturated rings. The SMILES string of the molecule is Cc1ccc(C(=O)NCCNc2ccc(C(F)(F)F)cc2[N+](=O)[O-])o1. The van der Waals surface area contributed by atoms with E-state index in [0.717, 1.165) is 12.1 Å². The van der Waals surface area contributed by atoms with Crippen molar-refractivity contribution in [2.24, 2.45) is 0 Å². The predicted octanol–water partition coefficient (Wildman–Crippen LogP) is 3.36. The van der Waals surface area contributed by atoms with Crippen LogP contribution in [0, 0.1) is 17.0 Å². The summed E-state index contributed by atoms with van der Waals surface area (Å²) >= 11 is 0. The lowest BCUT2D eigenvalue weighted by atomic mass is 10.1. The van der Waals surface area contributed by atoms with Crippen molar-refractivity contribution in [3.63, 3.8) is 0 Å². The van der Waals surface area contributed by atoms with E-state index in [2.05, 4.69) is 10.6 Å². The van der Waals surface area contributed by atoms with E-state index < -0.39 is 28.3 Å². The van der Waals surface area contributed by atoms with E-state index in [1.54, 1.807) is 13.0 Å². The molecule has 2 aromatic rings. The van der Waals surface area contributed by atoms with Gasteiger partial charge in [-0.3, -0.25) is 14.9 Å². The van der Waals surface area contributed by atoms with Gasteiger partial charge in [-0.05, 0) is 31.2 Å². The number of carbonyl (C=O) groups excluding carboxylic acids is 1. The number of nitro groups is 1. The molecular weight excluding hydrogens is 343 g/mol. The summed E-state index contributed by atoms with van der Waals surface area (Å²) in [6, 6.07) is 5.32. The van der Waals surface area contributed by atoms with Gasteiger partial charge in [0.15, 0.2) is 5.76 Å². The van der Waals surface area contributed by atoms with Crippen molar-refractivity contribution in [3.8, 4) is 0 Å². The summed E-state index contributed by atoms with van der Waals surface area (Å²) in [4.78, 5) is 21.8. The minimum Gasteiger partial charge on any atom is -0.456 e. The molecule has 0 saturated heterocycles. The summed E-state index contributed by atoms with van der Waals surface area (Å²) in [6.07, 6.45) is -4.67. The fraction of sp³-hybridized carbons (Fsp3) is 0.267. The highest BCUT2D eigenvalue weighted by Crippen LogP contribution is 2.34. The molecule has 2 rings (SSSR count). The third kappa shape index (κ3) is 4.72. The largest absolute Gasteiger partial charge is 0.456 e. The zero-order valence-corrected chi connectivity index (χ0v) is 13.0. The normalized spacial score (nSPS) is 11.2. The summed E-state index contributed by atoms with van der Waals surface area (Å²) in [5.74, 6) is 0.235. The summed E-state index contributed by atoms with van der Waals surface area (Å²) in [5.41, 5.74) is -1.87. The second-order valence-corrected chi connectivity index (χ2v) is 5.08. The number of alkyl halides is 3. The molecule has 7 nitrogen and oxygen atoms in total. The standard InChI is InChI=1S/C15H14F3N3O4/c1-9-2-5-13(25-9)14(22)20-7-6-19-11-4-3-10(15(16,17)18)8-12(11)21(23)24/h2-5,8,19H,6-7H2,1H3,(H,20,22). The summed E-state index contributed by atoms with van der Waals surface area (Å²) < 4.78 is 43.0. The van der Waals surface area contributed by atoms with Crippen molar-refractivity contribution in [1.29, 1.82) is 0 Å². The number of carbonyl (C=O) groups is 1. The van der Waals surface area contributed by atoms with Gasteiger partial charge in [0.2, 0.25) is 0 Å². The Morgan fingerprint density at radius 2 is 1.96 bits per heavy atom. The number of nitrogens with zero attached hydrogens (tertiary/aromatic N) is 1. The highest BCUT2D eigenvalue weighted by atomic mass is 19.4. The smallest absolute Gasteiger partial charge is 0.416 e. The van der Waals surface area contributed by atoms with E-state index in [1.165, 1.54) is 6.07 Å². The molecule has 0 saturated carbocycles. The molecule has 0 bridgehead atoms. The third-order valence-electron chi connectivity index (χ3n) is 3.21. The van der Waals surface area contributed by atoms with Crippen LogP contribution in [0.2, 0.25) is 0 Å². The van der Waals surface area contributed by atoms with Gasteiger partial charge in [0, 0.05) is 19.2 Å². The molecule has 2 N–H and O–H groups in total. The molecule has 25 heavy (non-hydrogen) atoms. The number of benzene rings is 1. The Kier molecular flexibility index (Phi) is 5.30. The molecule has 1 aromatic carbocycles. The van der Waals surface area contributed by atoms with Crippen molar-refractivity contribution in [2.45, 2.75) is 13.1 Å². The van der Waals surface area contributed by atoms with Gasteiger partial charge in [-0.1, -0.05) is 0 Å². The van der Waals surface area contributed by atoms with Gasteiger partial charge in [-0.25, -0.2) is 0 Å². The molecule has 1 heterocycles. The van der Waals surface area contributed by atoms with Gasteiger partial charge in [-0.15, -0.1) is 0 Å². The first kappa shape index (κ1) is 18.3. The van der Waals surface area contributed by atoms with Gasteiger partial charge in [0.1, 0.15) is 11.4 Å². The van der Waals surface area contributed by atoms with E-state index in [-0.39, 0.29) is 24.5 Å². The molecule has 0 atom stereocenters. The number of furan rings is 1. The zero-order chi connectivity index (χ0) is 18.6. The van der Waals surface area contributed by atoms with Gasteiger partial charge in [-0.2, -0.15) is 13.2 Å². The van der Waals surface area contributed by atoms with Gasteiger partial charge >= 0.3 is 6.18 Å². The molecule has 134 valence electrons. The number of nitrogens with one attached hydrogen (secondary N) is 2. The molecule has 1 aromatic heterocycles. The number of aryl methyl sites for hydroxylation is 1. The molecule has 1 amide bonds. The average Bonchev–Trinajstić information content (AvgIpc) is 2.97. The van der Waals surface area contributed by atoms with Crippen LogP contribution in [0.3, 0.4) is 0 Å². The Labute approximate surface area is 140 Å². The van der Waals surface area contributed by atoms with Crippen LogP contribution in [0.1, 0.15) is 21.9 Å². The Balaban J connectivity index is 1.96. The van der Waals surface area contributed by atoms with E-state index in [9.17, 15) is 28.1 Å². The molecule has 0 unspecified atom stereocenters. The second kappa shape index (κ2) is 7.24. The first-order valence-electron chi connectivity index (χ1n) is 7.12. The Hall–Kier alpha value is -3.04. The maximum absolute atomic E-state index is 12.6. The van der Waals surface area contributed by atoms with Crippen molar-refractivity contribution >= 4 is 17.3 Å². The molecule has 0 aliphatic heterocycles. The van der Waals surface area contributed by atoms with Crippen LogP contribution in [0.15, 0.2) is 34.7 Å². The molecule has 0 spiro atoms. The highest BCUT2D eigenvalue weighted by Gasteiger charge is 2.32.